The van der Waals surface area contributed by atoms with E-state index in [1.807, 2.05) is 0 Å². The molecule has 0 atom stereocenters. The molecule has 0 aliphatic heterocycles. The van der Waals surface area contributed by atoms with Crippen molar-refractivity contribution in [3.8, 4) is 0 Å². The molecule has 0 bridgehead atoms. The molecule has 80 valence electrons. The molecule has 15 heavy (non-hydrogen) atoms. The minimum atomic E-state index is -4.41. The highest BCUT2D eigenvalue weighted by Crippen LogP contribution is 2.32. The lowest BCUT2D eigenvalue weighted by atomic mass is 10.1. The fourth-order valence-corrected chi connectivity index (χ4v) is 1.17. The van der Waals surface area contributed by atoms with Gasteiger partial charge in [-0.1, -0.05) is 17.7 Å². The number of alkyl halides is 3. The zero-order valence-corrected chi connectivity index (χ0v) is 8.14. The van der Waals surface area contributed by atoms with Crippen LogP contribution >= 0.6 is 11.6 Å². The van der Waals surface area contributed by atoms with Gasteiger partial charge in [-0.3, -0.25) is 4.79 Å². The van der Waals surface area contributed by atoms with Crippen molar-refractivity contribution in [2.45, 2.75) is 6.18 Å². The molecule has 0 radical (unpaired) electrons. The van der Waals surface area contributed by atoms with Crippen molar-refractivity contribution in [3.05, 3.63) is 40.4 Å². The standard InChI is InChI=1S/C10H6ClF3O/c11-9-4-3-8(10(12,13)14)6-7(9)2-1-5-15/h1-6H. The number of carbonyl (C=O) groups excluding carboxylic acids is 1. The van der Waals surface area contributed by atoms with E-state index in [-0.39, 0.29) is 10.6 Å². The van der Waals surface area contributed by atoms with Crippen LogP contribution in [-0.2, 0) is 11.0 Å². The maximum absolute atomic E-state index is 12.3. The third-order valence-corrected chi connectivity index (χ3v) is 2.02. The summed E-state index contributed by atoms with van der Waals surface area (Å²) in [5.41, 5.74) is -0.629. The molecule has 0 N–H and O–H groups in total. The smallest absolute Gasteiger partial charge is 0.299 e. The normalized spacial score (nSPS) is 12.0. The molecule has 0 aliphatic carbocycles. The molecule has 5 heteroatoms. The first-order chi connectivity index (χ1) is 6.95. The Morgan fingerprint density at radius 3 is 2.47 bits per heavy atom. The van der Waals surface area contributed by atoms with E-state index >= 15 is 0 Å². The van der Waals surface area contributed by atoms with E-state index in [0.29, 0.717) is 6.29 Å². The second-order valence-electron chi connectivity index (χ2n) is 2.73. The van der Waals surface area contributed by atoms with Crippen LogP contribution in [0.1, 0.15) is 11.1 Å². The second kappa shape index (κ2) is 4.49. The molecule has 0 saturated carbocycles. The lowest BCUT2D eigenvalue weighted by molar-refractivity contribution is -0.137. The third kappa shape index (κ3) is 3.09. The van der Waals surface area contributed by atoms with Crippen molar-refractivity contribution in [2.24, 2.45) is 0 Å². The van der Waals surface area contributed by atoms with Gasteiger partial charge in [0.1, 0.15) is 6.29 Å². The average molecular weight is 235 g/mol. The summed E-state index contributed by atoms with van der Waals surface area (Å²) in [6, 6.07) is 2.93. The van der Waals surface area contributed by atoms with E-state index in [1.165, 1.54) is 6.08 Å². The van der Waals surface area contributed by atoms with E-state index in [0.717, 1.165) is 24.3 Å². The lowest BCUT2D eigenvalue weighted by Gasteiger charge is -2.07. The van der Waals surface area contributed by atoms with Crippen LogP contribution in [-0.4, -0.2) is 6.29 Å². The summed E-state index contributed by atoms with van der Waals surface area (Å²) in [6.07, 6.45) is -1.63. The van der Waals surface area contributed by atoms with Gasteiger partial charge in [0.05, 0.1) is 5.56 Å². The van der Waals surface area contributed by atoms with Crippen molar-refractivity contribution in [2.75, 3.05) is 0 Å². The number of rotatable bonds is 2. The maximum atomic E-state index is 12.3. The maximum Gasteiger partial charge on any atom is 0.416 e. The van der Waals surface area contributed by atoms with Crippen LogP contribution in [0.2, 0.25) is 5.02 Å². The highest BCUT2D eigenvalue weighted by Gasteiger charge is 2.30. The van der Waals surface area contributed by atoms with Crippen LogP contribution in [0.3, 0.4) is 0 Å². The molecule has 0 spiro atoms. The minimum absolute atomic E-state index is 0.165. The number of halogens is 4. The molecule has 0 unspecified atom stereocenters. The summed E-state index contributed by atoms with van der Waals surface area (Å²) in [4.78, 5) is 10.0. The summed E-state index contributed by atoms with van der Waals surface area (Å²) in [6.45, 7) is 0. The highest BCUT2D eigenvalue weighted by atomic mass is 35.5. The second-order valence-corrected chi connectivity index (χ2v) is 3.14. The van der Waals surface area contributed by atoms with E-state index in [4.69, 9.17) is 11.6 Å². The number of carbonyl (C=O) groups is 1. The van der Waals surface area contributed by atoms with Crippen molar-refractivity contribution in [3.63, 3.8) is 0 Å². The molecule has 1 rings (SSSR count). The topological polar surface area (TPSA) is 17.1 Å². The van der Waals surface area contributed by atoms with Gasteiger partial charge in [-0.25, -0.2) is 0 Å². The fourth-order valence-electron chi connectivity index (χ4n) is 0.991. The van der Waals surface area contributed by atoms with Crippen molar-refractivity contribution >= 4 is 24.0 Å². The molecule has 0 saturated heterocycles. The summed E-state index contributed by atoms with van der Waals surface area (Å²) < 4.78 is 36.9. The van der Waals surface area contributed by atoms with Crippen molar-refractivity contribution in [1.82, 2.24) is 0 Å². The SMILES string of the molecule is O=CC=Cc1cc(C(F)(F)F)ccc1Cl. The molecule has 0 heterocycles. The van der Waals surface area contributed by atoms with Crippen molar-refractivity contribution in [1.29, 1.82) is 0 Å². The van der Waals surface area contributed by atoms with E-state index < -0.39 is 11.7 Å². The van der Waals surface area contributed by atoms with Gasteiger partial charge in [-0.05, 0) is 29.8 Å². The van der Waals surface area contributed by atoms with Gasteiger partial charge in [-0.15, -0.1) is 0 Å². The predicted octanol–water partition coefficient (Wildman–Crippen LogP) is 3.57. The van der Waals surface area contributed by atoms with Crippen LogP contribution < -0.4 is 0 Å². The average Bonchev–Trinajstić information content (AvgIpc) is 2.15. The highest BCUT2D eigenvalue weighted by molar-refractivity contribution is 6.32. The van der Waals surface area contributed by atoms with Crippen molar-refractivity contribution < 1.29 is 18.0 Å². The Bertz CT molecular complexity index is 396. The Morgan fingerprint density at radius 1 is 1.27 bits per heavy atom. The Hall–Kier alpha value is -1.29. The molecule has 0 amide bonds. The summed E-state index contributed by atoms with van der Waals surface area (Å²) in [5.74, 6) is 0. The van der Waals surface area contributed by atoms with Gasteiger partial charge >= 0.3 is 6.18 Å². The zero-order chi connectivity index (χ0) is 11.5. The monoisotopic (exact) mass is 234 g/mol. The largest absolute Gasteiger partial charge is 0.416 e. The quantitative estimate of drug-likeness (QED) is 0.565. The van der Waals surface area contributed by atoms with Crippen LogP contribution in [0.15, 0.2) is 24.3 Å². The first kappa shape index (κ1) is 11.8. The molecular formula is C10H6ClF3O. The minimum Gasteiger partial charge on any atom is -0.299 e. The molecule has 0 aromatic heterocycles. The Kier molecular flexibility index (Phi) is 3.52. The first-order valence-corrected chi connectivity index (χ1v) is 4.31. The number of aldehydes is 1. The van der Waals surface area contributed by atoms with E-state index in [9.17, 15) is 18.0 Å². The molecule has 1 aromatic carbocycles. The van der Waals surface area contributed by atoms with Crippen LogP contribution in [0.5, 0.6) is 0 Å². The number of allylic oxidation sites excluding steroid dienone is 1. The first-order valence-electron chi connectivity index (χ1n) is 3.94. The van der Waals surface area contributed by atoms with E-state index in [2.05, 4.69) is 0 Å². The Morgan fingerprint density at radius 2 is 1.93 bits per heavy atom. The molecular weight excluding hydrogens is 229 g/mol. The molecule has 0 aliphatic rings. The molecule has 1 nitrogen and oxygen atoms in total. The lowest BCUT2D eigenvalue weighted by Crippen LogP contribution is -2.04. The Balaban J connectivity index is 3.16. The summed E-state index contributed by atoms with van der Waals surface area (Å²) in [7, 11) is 0. The zero-order valence-electron chi connectivity index (χ0n) is 7.38. The Labute approximate surface area is 89.2 Å². The molecule has 1 aromatic rings. The van der Waals surface area contributed by atoms with Gasteiger partial charge in [0.15, 0.2) is 0 Å². The number of hydrogen-bond donors (Lipinski definition) is 0. The van der Waals surface area contributed by atoms with Crippen LogP contribution in [0.25, 0.3) is 6.08 Å². The summed E-state index contributed by atoms with van der Waals surface area (Å²) in [5, 5.41) is 0.168. The van der Waals surface area contributed by atoms with Gasteiger partial charge in [-0.2, -0.15) is 13.2 Å². The van der Waals surface area contributed by atoms with Gasteiger partial charge in [0.25, 0.3) is 0 Å². The molecule has 0 fully saturated rings. The number of hydrogen-bond acceptors (Lipinski definition) is 1. The predicted molar refractivity (Wildman–Crippen MR) is 51.6 cm³/mol. The van der Waals surface area contributed by atoms with Crippen LogP contribution in [0, 0.1) is 0 Å². The fraction of sp³-hybridized carbons (Fsp3) is 0.100. The van der Waals surface area contributed by atoms with Gasteiger partial charge < -0.3 is 0 Å². The third-order valence-electron chi connectivity index (χ3n) is 1.68. The van der Waals surface area contributed by atoms with Gasteiger partial charge in [0, 0.05) is 5.02 Å². The van der Waals surface area contributed by atoms with Crippen LogP contribution in [0.4, 0.5) is 13.2 Å². The summed E-state index contributed by atoms with van der Waals surface area (Å²) >= 11 is 5.65. The van der Waals surface area contributed by atoms with E-state index in [1.54, 1.807) is 0 Å². The number of benzene rings is 1. The van der Waals surface area contributed by atoms with Gasteiger partial charge in [0.2, 0.25) is 0 Å².